The summed E-state index contributed by atoms with van der Waals surface area (Å²) in [4.78, 5) is 16.3. The van der Waals surface area contributed by atoms with Crippen molar-refractivity contribution in [1.29, 1.82) is 0 Å². The van der Waals surface area contributed by atoms with Gasteiger partial charge < -0.3 is 18.7 Å². The number of thiocarbonyl (C=S) groups is 1. The number of para-hydroxylation sites is 2. The molecular weight excluding hydrogens is 570 g/mol. The van der Waals surface area contributed by atoms with E-state index in [4.69, 9.17) is 17.0 Å². The van der Waals surface area contributed by atoms with E-state index < -0.39 is 31.7 Å². The van der Waals surface area contributed by atoms with Crippen molar-refractivity contribution >= 4 is 60.1 Å². The molecule has 0 radical (unpaired) electrons. The van der Waals surface area contributed by atoms with Crippen LogP contribution < -0.4 is 68.8 Å². The Balaban J connectivity index is 0.00000324. The maximum Gasteiger partial charge on any atom is 1.00 e. The van der Waals surface area contributed by atoms with Gasteiger partial charge in [-0.3, -0.25) is 9.69 Å². The Kier molecular flexibility index (Phi) is 14.2. The molecule has 0 spiro atoms. The van der Waals surface area contributed by atoms with Crippen molar-refractivity contribution in [2.45, 2.75) is 25.7 Å². The second-order valence-electron chi connectivity index (χ2n) is 7.52. The molecule has 2 aliphatic rings. The molecule has 2 aliphatic heterocycles. The van der Waals surface area contributed by atoms with E-state index in [9.17, 15) is 30.7 Å². The normalized spacial score (nSPS) is 17.7. The predicted molar refractivity (Wildman–Crippen MR) is 130 cm³/mol. The Bertz CT molecular complexity index is 1240. The van der Waals surface area contributed by atoms with E-state index >= 15 is 0 Å². The van der Waals surface area contributed by atoms with E-state index in [1.807, 2.05) is 23.1 Å². The summed E-state index contributed by atoms with van der Waals surface area (Å²) in [6.07, 6.45) is 4.33. The van der Waals surface area contributed by atoms with Gasteiger partial charge in [0.25, 0.3) is 5.91 Å². The van der Waals surface area contributed by atoms with Gasteiger partial charge >= 0.3 is 59.1 Å². The van der Waals surface area contributed by atoms with E-state index in [0.717, 1.165) is 17.4 Å². The monoisotopic (exact) mass is 592 g/mol. The molecule has 10 nitrogen and oxygen atoms in total. The molecule has 0 atom stereocenters. The van der Waals surface area contributed by atoms with E-state index in [1.54, 1.807) is 18.2 Å². The Hall–Kier alpha value is 0.0300. The molecule has 0 saturated carbocycles. The van der Waals surface area contributed by atoms with Crippen LogP contribution in [0.25, 0.3) is 0 Å². The number of benzene rings is 1. The quantitative estimate of drug-likeness (QED) is 0.0818. The first-order chi connectivity index (χ1) is 15.9. The van der Waals surface area contributed by atoms with Crippen molar-refractivity contribution in [2.75, 3.05) is 29.5 Å². The molecule has 0 aromatic heterocycles. The summed E-state index contributed by atoms with van der Waals surface area (Å²) in [5.74, 6) is -0.194. The number of carbonyl (C=O) groups is 1. The van der Waals surface area contributed by atoms with Crippen LogP contribution in [0.15, 0.2) is 47.2 Å². The van der Waals surface area contributed by atoms with Crippen molar-refractivity contribution in [2.24, 2.45) is 0 Å². The molecule has 36 heavy (non-hydrogen) atoms. The summed E-state index contributed by atoms with van der Waals surface area (Å²) in [6, 6.07) is 7.28. The van der Waals surface area contributed by atoms with Gasteiger partial charge in [0.05, 0.1) is 30.8 Å². The summed E-state index contributed by atoms with van der Waals surface area (Å²) < 4.78 is 70.9. The van der Waals surface area contributed by atoms with Crippen LogP contribution in [0.5, 0.6) is 5.75 Å². The number of rotatable bonds is 11. The zero-order valence-corrected chi connectivity index (χ0v) is 27.2. The van der Waals surface area contributed by atoms with Crippen molar-refractivity contribution in [1.82, 2.24) is 4.90 Å². The molecule has 1 aromatic carbocycles. The average Bonchev–Trinajstić information content (AvgIpc) is 3.22. The summed E-state index contributed by atoms with van der Waals surface area (Å²) in [5, 5.41) is 0. The van der Waals surface area contributed by atoms with Gasteiger partial charge in [-0.05, 0) is 43.9 Å². The molecule has 1 aromatic rings. The molecule has 0 bridgehead atoms. The number of allylic oxidation sites excluding steroid dienone is 2. The number of amides is 1. The van der Waals surface area contributed by atoms with Crippen LogP contribution in [0, 0.1) is 0 Å². The summed E-state index contributed by atoms with van der Waals surface area (Å²) in [5.41, 5.74) is 0.785. The Morgan fingerprint density at radius 3 is 2.03 bits per heavy atom. The van der Waals surface area contributed by atoms with E-state index in [-0.39, 0.29) is 84.4 Å². The number of nitrogens with zero attached hydrogens (tertiary/aromatic N) is 2. The van der Waals surface area contributed by atoms with E-state index in [0.29, 0.717) is 40.2 Å². The second-order valence-corrected chi connectivity index (χ2v) is 12.2. The Morgan fingerprint density at radius 1 is 0.889 bits per heavy atom. The van der Waals surface area contributed by atoms with E-state index in [2.05, 4.69) is 0 Å². The minimum Gasteiger partial charge on any atom is -0.748 e. The SMILES string of the molecule is O=C1C(=CC=C2Oc3ccccc3N2CCCCS(=O)(=O)[O-])SC(=S)N1CCCCS(=O)(=O)[O-].[Na+].[Na+]. The van der Waals surface area contributed by atoms with Gasteiger partial charge in [0.2, 0.25) is 5.88 Å². The summed E-state index contributed by atoms with van der Waals surface area (Å²) in [6.45, 7) is 0.626. The van der Waals surface area contributed by atoms with Crippen LogP contribution in [0.1, 0.15) is 25.7 Å². The fourth-order valence-electron chi connectivity index (χ4n) is 3.36. The molecule has 3 rings (SSSR count). The van der Waals surface area contributed by atoms with Crippen LogP contribution in [-0.4, -0.2) is 65.7 Å². The van der Waals surface area contributed by atoms with Crippen LogP contribution in [0.3, 0.4) is 0 Å². The van der Waals surface area contributed by atoms with Gasteiger partial charge in [0.1, 0.15) is 4.32 Å². The smallest absolute Gasteiger partial charge is 0.748 e. The summed E-state index contributed by atoms with van der Waals surface area (Å²) in [7, 11) is -8.57. The number of carbonyl (C=O) groups excluding carboxylic acids is 1. The van der Waals surface area contributed by atoms with Gasteiger partial charge in [-0.1, -0.05) is 36.1 Å². The number of thioether (sulfide) groups is 1. The van der Waals surface area contributed by atoms with Crippen LogP contribution in [0.4, 0.5) is 5.69 Å². The Labute approximate surface area is 265 Å². The standard InChI is InChI=1S/C20H24N2O8S4.2Na/c23-19-17(32-20(31)22(19)12-4-6-14-34(27,28)29)9-10-18-21(11-3-5-13-33(24,25)26)15-7-1-2-8-16(15)30-18;;/h1-2,7-10H,3-6,11-14H2,(H,24,25,26)(H,27,28,29);;/q;2*+1/p-2. The van der Waals surface area contributed by atoms with Crippen LogP contribution >= 0.6 is 24.0 Å². The minimum absolute atomic E-state index is 0. The molecular formula is C20H22N2Na2O8S4. The maximum absolute atomic E-state index is 12.7. The summed E-state index contributed by atoms with van der Waals surface area (Å²) >= 11 is 6.36. The molecule has 1 saturated heterocycles. The van der Waals surface area contributed by atoms with Gasteiger partial charge in [0, 0.05) is 30.7 Å². The zero-order valence-electron chi connectivity index (χ0n) is 19.9. The third kappa shape index (κ3) is 10.3. The van der Waals surface area contributed by atoms with Crippen molar-refractivity contribution in [3.63, 3.8) is 0 Å². The molecule has 1 amide bonds. The van der Waals surface area contributed by atoms with E-state index in [1.165, 1.54) is 4.90 Å². The molecule has 0 aliphatic carbocycles. The maximum atomic E-state index is 12.7. The topological polar surface area (TPSA) is 147 Å². The first-order valence-electron chi connectivity index (χ1n) is 10.3. The van der Waals surface area contributed by atoms with Crippen molar-refractivity contribution in [3.8, 4) is 5.75 Å². The molecule has 2 heterocycles. The fraction of sp³-hybridized carbons (Fsp3) is 0.400. The number of ether oxygens (including phenoxy) is 1. The number of anilines is 1. The van der Waals surface area contributed by atoms with Gasteiger partial charge in [0.15, 0.2) is 5.75 Å². The number of hydrogen-bond donors (Lipinski definition) is 0. The average molecular weight is 593 g/mol. The molecule has 186 valence electrons. The van der Waals surface area contributed by atoms with Gasteiger partial charge in [-0.2, -0.15) is 0 Å². The number of fused-ring (bicyclic) bond motifs is 1. The first kappa shape index (κ1) is 34.1. The van der Waals surface area contributed by atoms with Crippen molar-refractivity contribution in [3.05, 3.63) is 47.2 Å². The number of hydrogen-bond acceptors (Lipinski definition) is 11. The number of unbranched alkanes of at least 4 members (excludes halogenated alkanes) is 2. The first-order valence-corrected chi connectivity index (χ1v) is 14.7. The zero-order chi connectivity index (χ0) is 24.9. The van der Waals surface area contributed by atoms with Crippen LogP contribution in [-0.2, 0) is 25.0 Å². The molecule has 0 N–H and O–H groups in total. The second kappa shape index (κ2) is 15.0. The fourth-order valence-corrected chi connectivity index (χ4v) is 5.72. The Morgan fingerprint density at radius 2 is 1.44 bits per heavy atom. The predicted octanol–water partition coefficient (Wildman–Crippen LogP) is -3.87. The molecule has 16 heteroatoms. The molecule has 1 fully saturated rings. The van der Waals surface area contributed by atoms with Crippen LogP contribution in [0.2, 0.25) is 0 Å². The third-order valence-corrected chi connectivity index (χ3v) is 7.91. The largest absolute Gasteiger partial charge is 1.00 e. The van der Waals surface area contributed by atoms with Gasteiger partial charge in [-0.15, -0.1) is 0 Å². The third-order valence-electron chi connectivity index (χ3n) is 4.94. The van der Waals surface area contributed by atoms with Gasteiger partial charge in [-0.25, -0.2) is 16.8 Å². The minimum atomic E-state index is -4.29. The van der Waals surface area contributed by atoms with Crippen molar-refractivity contribution < 1.29 is 94.6 Å². The molecule has 0 unspecified atom stereocenters.